The van der Waals surface area contributed by atoms with Gasteiger partial charge in [-0.3, -0.25) is 0 Å². The molecule has 1 fully saturated rings. The molecule has 0 saturated carbocycles. The Balaban J connectivity index is 2.08. The molecule has 1 saturated heterocycles. The lowest BCUT2D eigenvalue weighted by Gasteiger charge is -2.12. The van der Waals surface area contributed by atoms with E-state index in [-0.39, 0.29) is 17.5 Å². The fraction of sp³-hybridized carbons (Fsp3) is 0.400. The molecule has 4 nitrogen and oxygen atoms in total. The molecule has 1 aromatic rings. The normalized spacial score (nSPS) is 23.2. The highest BCUT2D eigenvalue weighted by molar-refractivity contribution is 7.91. The third-order valence-corrected chi connectivity index (χ3v) is 4.32. The molecule has 2 N–H and O–H groups in total. The summed E-state index contributed by atoms with van der Waals surface area (Å²) in [5.74, 6) is -0.878. The lowest BCUT2D eigenvalue weighted by molar-refractivity contribution is 0.432. The molecule has 1 aliphatic heterocycles. The fourth-order valence-electron chi connectivity index (χ4n) is 1.74. The van der Waals surface area contributed by atoms with E-state index in [2.05, 4.69) is 5.32 Å². The lowest BCUT2D eigenvalue weighted by Crippen LogP contribution is -2.20. The molecule has 1 heterocycles. The molecular formula is C10H12FNO3S. The molecule has 6 heteroatoms. The summed E-state index contributed by atoms with van der Waals surface area (Å²) in [5, 5.41) is 11.9. The van der Waals surface area contributed by atoms with Crippen LogP contribution < -0.4 is 5.32 Å². The molecule has 0 aliphatic carbocycles. The predicted octanol–water partition coefficient (Wildman–Crippen LogP) is 1.13. The summed E-state index contributed by atoms with van der Waals surface area (Å²) in [6.07, 6.45) is 0.533. The predicted molar refractivity (Wildman–Crippen MR) is 58.7 cm³/mol. The molecule has 2 rings (SSSR count). The van der Waals surface area contributed by atoms with Gasteiger partial charge in [0, 0.05) is 17.8 Å². The Kier molecular flexibility index (Phi) is 2.75. The number of phenols is 1. The van der Waals surface area contributed by atoms with Crippen LogP contribution in [0, 0.1) is 5.82 Å². The summed E-state index contributed by atoms with van der Waals surface area (Å²) in [6.45, 7) is 0. The number of aromatic hydroxyl groups is 1. The van der Waals surface area contributed by atoms with Crippen LogP contribution in [0.1, 0.15) is 6.42 Å². The minimum Gasteiger partial charge on any atom is -0.505 e. The van der Waals surface area contributed by atoms with Crippen molar-refractivity contribution in [1.82, 2.24) is 0 Å². The molecule has 0 radical (unpaired) electrons. The van der Waals surface area contributed by atoms with E-state index in [0.29, 0.717) is 12.1 Å². The first-order valence-electron chi connectivity index (χ1n) is 4.92. The Bertz CT molecular complexity index is 501. The summed E-state index contributed by atoms with van der Waals surface area (Å²) < 4.78 is 35.4. The van der Waals surface area contributed by atoms with E-state index in [1.807, 2.05) is 0 Å². The zero-order valence-electron chi connectivity index (χ0n) is 8.48. The van der Waals surface area contributed by atoms with Crippen LogP contribution in [-0.4, -0.2) is 31.1 Å². The van der Waals surface area contributed by atoms with Gasteiger partial charge in [-0.2, -0.15) is 0 Å². The Labute approximate surface area is 93.0 Å². The number of sulfone groups is 1. The number of hydrogen-bond acceptors (Lipinski definition) is 4. The molecule has 0 bridgehead atoms. The number of nitrogens with one attached hydrogen (secondary N) is 1. The average molecular weight is 245 g/mol. The highest BCUT2D eigenvalue weighted by atomic mass is 32.2. The van der Waals surface area contributed by atoms with Gasteiger partial charge in [0.1, 0.15) is 0 Å². The summed E-state index contributed by atoms with van der Waals surface area (Å²) in [4.78, 5) is 0. The standard InChI is InChI=1S/C10H12FNO3S/c11-9-5-7(1-2-10(9)13)12-8-3-4-16(14,15)6-8/h1-2,5,8,12-13H,3-4,6H2. The number of halogens is 1. The van der Waals surface area contributed by atoms with Crippen LogP contribution in [-0.2, 0) is 9.84 Å². The third-order valence-electron chi connectivity index (χ3n) is 2.55. The van der Waals surface area contributed by atoms with Crippen LogP contribution in [0.5, 0.6) is 5.75 Å². The van der Waals surface area contributed by atoms with Crippen molar-refractivity contribution in [2.45, 2.75) is 12.5 Å². The fourth-order valence-corrected chi connectivity index (χ4v) is 3.41. The van der Waals surface area contributed by atoms with Crippen LogP contribution in [0.3, 0.4) is 0 Å². The van der Waals surface area contributed by atoms with Gasteiger partial charge < -0.3 is 10.4 Å². The van der Waals surface area contributed by atoms with Gasteiger partial charge >= 0.3 is 0 Å². The van der Waals surface area contributed by atoms with Crippen molar-refractivity contribution in [2.75, 3.05) is 16.8 Å². The first kappa shape index (κ1) is 11.2. The zero-order valence-corrected chi connectivity index (χ0v) is 9.30. The molecule has 0 amide bonds. The van der Waals surface area contributed by atoms with Crippen LogP contribution in [0.25, 0.3) is 0 Å². The average Bonchev–Trinajstić information content (AvgIpc) is 2.52. The maximum absolute atomic E-state index is 13.0. The summed E-state index contributed by atoms with van der Waals surface area (Å²) >= 11 is 0. The van der Waals surface area contributed by atoms with E-state index >= 15 is 0 Å². The monoisotopic (exact) mass is 245 g/mol. The van der Waals surface area contributed by atoms with E-state index in [1.165, 1.54) is 12.1 Å². The molecule has 0 spiro atoms. The van der Waals surface area contributed by atoms with Gasteiger partial charge in [-0.1, -0.05) is 0 Å². The van der Waals surface area contributed by atoms with E-state index in [1.54, 1.807) is 0 Å². The second-order valence-corrected chi connectivity index (χ2v) is 6.14. The van der Waals surface area contributed by atoms with Gasteiger partial charge in [0.15, 0.2) is 21.4 Å². The van der Waals surface area contributed by atoms with Crippen molar-refractivity contribution in [3.63, 3.8) is 0 Å². The highest BCUT2D eigenvalue weighted by Crippen LogP contribution is 2.22. The van der Waals surface area contributed by atoms with Crippen molar-refractivity contribution in [3.05, 3.63) is 24.0 Å². The molecule has 88 valence electrons. The van der Waals surface area contributed by atoms with Crippen molar-refractivity contribution < 1.29 is 17.9 Å². The smallest absolute Gasteiger partial charge is 0.166 e. The Morgan fingerprint density at radius 1 is 1.44 bits per heavy atom. The summed E-state index contributed by atoms with van der Waals surface area (Å²) in [7, 11) is -2.94. The van der Waals surface area contributed by atoms with Crippen LogP contribution in [0.4, 0.5) is 10.1 Å². The summed E-state index contributed by atoms with van der Waals surface area (Å²) in [6, 6.07) is 3.74. The van der Waals surface area contributed by atoms with E-state index in [4.69, 9.17) is 5.11 Å². The molecule has 0 aromatic heterocycles. The molecule has 1 unspecified atom stereocenters. The number of hydrogen-bond donors (Lipinski definition) is 2. The molecule has 1 atom stereocenters. The SMILES string of the molecule is O=S1(=O)CCC(Nc2ccc(O)c(F)c2)C1. The zero-order chi connectivity index (χ0) is 11.8. The number of anilines is 1. The Morgan fingerprint density at radius 2 is 2.19 bits per heavy atom. The van der Waals surface area contributed by atoms with Crippen molar-refractivity contribution >= 4 is 15.5 Å². The first-order valence-corrected chi connectivity index (χ1v) is 6.74. The van der Waals surface area contributed by atoms with Gasteiger partial charge in [-0.15, -0.1) is 0 Å². The highest BCUT2D eigenvalue weighted by Gasteiger charge is 2.27. The summed E-state index contributed by atoms with van der Waals surface area (Å²) in [5.41, 5.74) is 0.484. The number of benzene rings is 1. The van der Waals surface area contributed by atoms with Gasteiger partial charge in [-0.25, -0.2) is 12.8 Å². The van der Waals surface area contributed by atoms with E-state index < -0.39 is 21.4 Å². The molecule has 16 heavy (non-hydrogen) atoms. The van der Waals surface area contributed by atoms with Crippen LogP contribution >= 0.6 is 0 Å². The van der Waals surface area contributed by atoms with Gasteiger partial charge in [0.25, 0.3) is 0 Å². The molecular weight excluding hydrogens is 233 g/mol. The van der Waals surface area contributed by atoms with E-state index in [0.717, 1.165) is 6.07 Å². The van der Waals surface area contributed by atoms with E-state index in [9.17, 15) is 12.8 Å². The third kappa shape index (κ3) is 2.44. The molecule has 1 aliphatic rings. The van der Waals surface area contributed by atoms with Crippen molar-refractivity contribution in [3.8, 4) is 5.75 Å². The minimum absolute atomic E-state index is 0.0789. The first-order chi connectivity index (χ1) is 7.46. The van der Waals surface area contributed by atoms with Crippen molar-refractivity contribution in [1.29, 1.82) is 0 Å². The number of rotatable bonds is 2. The maximum Gasteiger partial charge on any atom is 0.166 e. The Hall–Kier alpha value is -1.30. The van der Waals surface area contributed by atoms with Gasteiger partial charge in [0.2, 0.25) is 0 Å². The van der Waals surface area contributed by atoms with Crippen LogP contribution in [0.15, 0.2) is 18.2 Å². The largest absolute Gasteiger partial charge is 0.505 e. The second kappa shape index (κ2) is 3.93. The van der Waals surface area contributed by atoms with Gasteiger partial charge in [-0.05, 0) is 18.6 Å². The molecule has 1 aromatic carbocycles. The maximum atomic E-state index is 13.0. The number of phenolic OH excluding ortho intramolecular Hbond substituents is 1. The quantitative estimate of drug-likeness (QED) is 0.766. The lowest BCUT2D eigenvalue weighted by atomic mass is 10.2. The second-order valence-electron chi connectivity index (χ2n) is 3.91. The van der Waals surface area contributed by atoms with Crippen LogP contribution in [0.2, 0.25) is 0 Å². The van der Waals surface area contributed by atoms with Crippen molar-refractivity contribution in [2.24, 2.45) is 0 Å². The minimum atomic E-state index is -2.94. The Morgan fingerprint density at radius 3 is 2.75 bits per heavy atom. The topological polar surface area (TPSA) is 66.4 Å². The van der Waals surface area contributed by atoms with Gasteiger partial charge in [0.05, 0.1) is 11.5 Å².